The molecule has 2 aromatic carbocycles. The van der Waals surface area contributed by atoms with Gasteiger partial charge in [0, 0.05) is 11.3 Å². The standard InChI is InChI=1S/C16H16N2O2S/c1-11-4-2-3-5-14(11)20-10-15(19)18-13-8-6-12(7-9-13)16(17)21/h2-9H,10H2,1H3,(H2,17,21)(H,18,19). The molecule has 0 saturated heterocycles. The van der Waals surface area contributed by atoms with E-state index in [1.165, 1.54) is 0 Å². The van der Waals surface area contributed by atoms with Crippen LogP contribution in [-0.4, -0.2) is 17.5 Å². The summed E-state index contributed by atoms with van der Waals surface area (Å²) in [6.07, 6.45) is 0. The lowest BCUT2D eigenvalue weighted by atomic mass is 10.2. The molecule has 2 rings (SSSR count). The molecule has 0 saturated carbocycles. The minimum atomic E-state index is -0.221. The number of thiocarbonyl (C=S) groups is 1. The van der Waals surface area contributed by atoms with E-state index in [1.54, 1.807) is 24.3 Å². The lowest BCUT2D eigenvalue weighted by Crippen LogP contribution is -2.20. The van der Waals surface area contributed by atoms with Crippen LogP contribution in [0.3, 0.4) is 0 Å². The van der Waals surface area contributed by atoms with Crippen molar-refractivity contribution in [2.75, 3.05) is 11.9 Å². The van der Waals surface area contributed by atoms with Crippen molar-refractivity contribution >= 4 is 28.8 Å². The Bertz CT molecular complexity index is 654. The lowest BCUT2D eigenvalue weighted by Gasteiger charge is -2.09. The Hall–Kier alpha value is -2.40. The maximum absolute atomic E-state index is 11.8. The Balaban J connectivity index is 1.90. The number of amides is 1. The fraction of sp³-hybridized carbons (Fsp3) is 0.125. The van der Waals surface area contributed by atoms with Crippen molar-refractivity contribution in [3.8, 4) is 5.75 Å². The Labute approximate surface area is 128 Å². The van der Waals surface area contributed by atoms with Gasteiger partial charge in [0.15, 0.2) is 6.61 Å². The van der Waals surface area contributed by atoms with E-state index in [2.05, 4.69) is 5.32 Å². The zero-order valence-corrected chi connectivity index (χ0v) is 12.4. The fourth-order valence-electron chi connectivity index (χ4n) is 1.78. The number of carbonyl (C=O) groups is 1. The molecule has 0 aliphatic rings. The van der Waals surface area contributed by atoms with E-state index >= 15 is 0 Å². The molecule has 0 unspecified atom stereocenters. The summed E-state index contributed by atoms with van der Waals surface area (Å²) in [5, 5.41) is 2.75. The summed E-state index contributed by atoms with van der Waals surface area (Å²) < 4.78 is 5.48. The highest BCUT2D eigenvalue weighted by Crippen LogP contribution is 2.16. The maximum atomic E-state index is 11.8. The topological polar surface area (TPSA) is 64.3 Å². The zero-order chi connectivity index (χ0) is 15.2. The Kier molecular flexibility index (Phi) is 4.90. The number of hydrogen-bond acceptors (Lipinski definition) is 3. The second-order valence-corrected chi connectivity index (χ2v) is 4.98. The minimum absolute atomic E-state index is 0.0398. The number of carbonyl (C=O) groups excluding carboxylic acids is 1. The quantitative estimate of drug-likeness (QED) is 0.833. The molecule has 3 N–H and O–H groups in total. The first kappa shape index (κ1) is 15.0. The second kappa shape index (κ2) is 6.85. The van der Waals surface area contributed by atoms with Crippen molar-refractivity contribution in [2.45, 2.75) is 6.92 Å². The van der Waals surface area contributed by atoms with Crippen LogP contribution in [0.2, 0.25) is 0 Å². The number of para-hydroxylation sites is 1. The van der Waals surface area contributed by atoms with Crippen LogP contribution >= 0.6 is 12.2 Å². The van der Waals surface area contributed by atoms with Gasteiger partial charge in [0.1, 0.15) is 10.7 Å². The van der Waals surface area contributed by atoms with Gasteiger partial charge in [0.05, 0.1) is 0 Å². The summed E-state index contributed by atoms with van der Waals surface area (Å²) in [7, 11) is 0. The molecule has 4 nitrogen and oxygen atoms in total. The largest absolute Gasteiger partial charge is 0.483 e. The Morgan fingerprint density at radius 1 is 1.19 bits per heavy atom. The lowest BCUT2D eigenvalue weighted by molar-refractivity contribution is -0.118. The third-order valence-electron chi connectivity index (χ3n) is 2.91. The molecule has 0 radical (unpaired) electrons. The highest BCUT2D eigenvalue weighted by Gasteiger charge is 2.05. The number of ether oxygens (including phenoxy) is 1. The molecule has 0 heterocycles. The molecule has 0 atom stereocenters. The molecule has 0 spiro atoms. The zero-order valence-electron chi connectivity index (χ0n) is 11.6. The number of aryl methyl sites for hydroxylation is 1. The molecule has 0 aliphatic heterocycles. The highest BCUT2D eigenvalue weighted by atomic mass is 32.1. The third-order valence-corrected chi connectivity index (χ3v) is 3.14. The van der Waals surface area contributed by atoms with Gasteiger partial charge in [-0.3, -0.25) is 4.79 Å². The molecular weight excluding hydrogens is 284 g/mol. The van der Waals surface area contributed by atoms with Gasteiger partial charge in [-0.15, -0.1) is 0 Å². The Morgan fingerprint density at radius 2 is 1.86 bits per heavy atom. The van der Waals surface area contributed by atoms with Crippen LogP contribution in [0.1, 0.15) is 11.1 Å². The van der Waals surface area contributed by atoms with E-state index in [1.807, 2.05) is 31.2 Å². The SMILES string of the molecule is Cc1ccccc1OCC(=O)Nc1ccc(C(N)=S)cc1. The van der Waals surface area contributed by atoms with E-state index < -0.39 is 0 Å². The fourth-order valence-corrected chi connectivity index (χ4v) is 1.91. The minimum Gasteiger partial charge on any atom is -0.483 e. The summed E-state index contributed by atoms with van der Waals surface area (Å²) in [6, 6.07) is 14.6. The monoisotopic (exact) mass is 300 g/mol. The number of hydrogen-bond donors (Lipinski definition) is 2. The number of nitrogens with two attached hydrogens (primary N) is 1. The molecule has 2 aromatic rings. The average molecular weight is 300 g/mol. The number of nitrogens with one attached hydrogen (secondary N) is 1. The first-order valence-electron chi connectivity index (χ1n) is 6.44. The Morgan fingerprint density at radius 3 is 2.48 bits per heavy atom. The number of rotatable bonds is 5. The molecular formula is C16H16N2O2S. The first-order chi connectivity index (χ1) is 10.1. The van der Waals surface area contributed by atoms with Gasteiger partial charge in [0.2, 0.25) is 0 Å². The predicted octanol–water partition coefficient (Wildman–Crippen LogP) is 2.65. The van der Waals surface area contributed by atoms with Gasteiger partial charge < -0.3 is 15.8 Å². The van der Waals surface area contributed by atoms with Crippen molar-refractivity contribution in [1.82, 2.24) is 0 Å². The third kappa shape index (κ3) is 4.29. The van der Waals surface area contributed by atoms with Gasteiger partial charge in [-0.1, -0.05) is 30.4 Å². The van der Waals surface area contributed by atoms with Crippen LogP contribution in [-0.2, 0) is 4.79 Å². The predicted molar refractivity (Wildman–Crippen MR) is 87.6 cm³/mol. The summed E-state index contributed by atoms with van der Waals surface area (Å²) in [5.41, 5.74) is 7.94. The summed E-state index contributed by atoms with van der Waals surface area (Å²) >= 11 is 4.87. The van der Waals surface area contributed by atoms with Gasteiger partial charge in [-0.2, -0.15) is 0 Å². The summed E-state index contributed by atoms with van der Waals surface area (Å²) in [4.78, 5) is 12.2. The molecule has 21 heavy (non-hydrogen) atoms. The van der Waals surface area contributed by atoms with Crippen molar-refractivity contribution in [3.05, 3.63) is 59.7 Å². The maximum Gasteiger partial charge on any atom is 0.262 e. The number of benzene rings is 2. The van der Waals surface area contributed by atoms with Crippen molar-refractivity contribution in [3.63, 3.8) is 0 Å². The van der Waals surface area contributed by atoms with Gasteiger partial charge in [-0.25, -0.2) is 0 Å². The molecule has 0 aromatic heterocycles. The second-order valence-electron chi connectivity index (χ2n) is 4.54. The van der Waals surface area contributed by atoms with E-state index in [0.717, 1.165) is 11.1 Å². The van der Waals surface area contributed by atoms with Gasteiger partial charge >= 0.3 is 0 Å². The van der Waals surface area contributed by atoms with Crippen molar-refractivity contribution in [1.29, 1.82) is 0 Å². The van der Waals surface area contributed by atoms with Crippen molar-refractivity contribution < 1.29 is 9.53 Å². The van der Waals surface area contributed by atoms with Crippen LogP contribution in [0, 0.1) is 6.92 Å². The molecule has 0 bridgehead atoms. The van der Waals surface area contributed by atoms with Crippen LogP contribution in [0.4, 0.5) is 5.69 Å². The number of anilines is 1. The average Bonchev–Trinajstić information content (AvgIpc) is 2.47. The molecule has 1 amide bonds. The van der Waals surface area contributed by atoms with Crippen molar-refractivity contribution in [2.24, 2.45) is 5.73 Å². The van der Waals surface area contributed by atoms with Crippen LogP contribution in [0.25, 0.3) is 0 Å². The summed E-state index contributed by atoms with van der Waals surface area (Å²) in [5.74, 6) is 0.484. The molecule has 5 heteroatoms. The van der Waals surface area contributed by atoms with E-state index in [0.29, 0.717) is 16.4 Å². The van der Waals surface area contributed by atoms with Gasteiger partial charge in [0.25, 0.3) is 5.91 Å². The molecule has 0 fully saturated rings. The van der Waals surface area contributed by atoms with Crippen LogP contribution in [0.15, 0.2) is 48.5 Å². The van der Waals surface area contributed by atoms with E-state index in [-0.39, 0.29) is 12.5 Å². The van der Waals surface area contributed by atoms with Crippen LogP contribution in [0.5, 0.6) is 5.75 Å². The van der Waals surface area contributed by atoms with Gasteiger partial charge in [-0.05, 0) is 42.8 Å². The summed E-state index contributed by atoms with van der Waals surface area (Å²) in [6.45, 7) is 1.89. The smallest absolute Gasteiger partial charge is 0.262 e. The first-order valence-corrected chi connectivity index (χ1v) is 6.85. The molecule has 108 valence electrons. The van der Waals surface area contributed by atoms with E-state index in [4.69, 9.17) is 22.7 Å². The van der Waals surface area contributed by atoms with Crippen LogP contribution < -0.4 is 15.8 Å². The van der Waals surface area contributed by atoms with E-state index in [9.17, 15) is 4.79 Å². The normalized spacial score (nSPS) is 9.95. The molecule has 0 aliphatic carbocycles. The highest BCUT2D eigenvalue weighted by molar-refractivity contribution is 7.80.